The smallest absolute Gasteiger partial charge is 0.326 e. The van der Waals surface area contributed by atoms with E-state index < -0.39 is 0 Å². The molecular weight excluding hydrogens is 354 g/mol. The Kier molecular flexibility index (Phi) is 3.77. The number of aromatic amines is 1. The number of imidazole rings is 1. The lowest BCUT2D eigenvalue weighted by Gasteiger charge is -2.10. The number of benzene rings is 1. The van der Waals surface area contributed by atoms with Gasteiger partial charge in [0.2, 0.25) is 0 Å². The van der Waals surface area contributed by atoms with Crippen LogP contribution >= 0.6 is 11.6 Å². The third-order valence-corrected chi connectivity index (χ3v) is 4.37. The molecule has 0 saturated carbocycles. The number of H-pyrrole nitrogens is 1. The topological polar surface area (TPSA) is 93.4 Å². The van der Waals surface area contributed by atoms with E-state index in [9.17, 15) is 4.79 Å². The molecule has 0 radical (unpaired) electrons. The summed E-state index contributed by atoms with van der Waals surface area (Å²) in [7, 11) is 1.72. The van der Waals surface area contributed by atoms with Gasteiger partial charge >= 0.3 is 5.69 Å². The fourth-order valence-corrected chi connectivity index (χ4v) is 2.97. The van der Waals surface area contributed by atoms with Crippen molar-refractivity contribution in [2.75, 3.05) is 5.32 Å². The highest BCUT2D eigenvalue weighted by molar-refractivity contribution is 6.32. The van der Waals surface area contributed by atoms with Gasteiger partial charge in [0.1, 0.15) is 5.02 Å². The van der Waals surface area contributed by atoms with Crippen molar-refractivity contribution in [3.8, 4) is 5.95 Å². The molecule has 0 aliphatic rings. The van der Waals surface area contributed by atoms with Crippen LogP contribution in [0.5, 0.6) is 0 Å². The Balaban J connectivity index is 1.73. The predicted octanol–water partition coefficient (Wildman–Crippen LogP) is 2.86. The van der Waals surface area contributed by atoms with Crippen LogP contribution in [-0.4, -0.2) is 29.3 Å². The first-order chi connectivity index (χ1) is 12.4. The van der Waals surface area contributed by atoms with Gasteiger partial charge < -0.3 is 10.3 Å². The van der Waals surface area contributed by atoms with E-state index in [2.05, 4.69) is 25.4 Å². The highest BCUT2D eigenvalue weighted by atomic mass is 35.5. The molecule has 8 nitrogen and oxygen atoms in total. The SMILES string of the molecule is Cc1cc(C)n(-c2ncc(Cl)c(Nc3ccc4c(c3)[nH]c(=O)n4C)n2)n1. The lowest BCUT2D eigenvalue weighted by Crippen LogP contribution is -2.11. The van der Waals surface area contributed by atoms with Crippen molar-refractivity contribution in [3.05, 3.63) is 57.4 Å². The fourth-order valence-electron chi connectivity index (χ4n) is 2.83. The summed E-state index contributed by atoms with van der Waals surface area (Å²) < 4.78 is 3.21. The summed E-state index contributed by atoms with van der Waals surface area (Å²) >= 11 is 6.25. The van der Waals surface area contributed by atoms with Crippen LogP contribution in [0.3, 0.4) is 0 Å². The molecule has 132 valence electrons. The second-order valence-corrected chi connectivity index (χ2v) is 6.46. The molecule has 0 atom stereocenters. The average Bonchev–Trinajstić information content (AvgIpc) is 3.08. The van der Waals surface area contributed by atoms with E-state index in [4.69, 9.17) is 11.6 Å². The quantitative estimate of drug-likeness (QED) is 0.579. The van der Waals surface area contributed by atoms with Crippen LogP contribution in [-0.2, 0) is 7.05 Å². The standard InChI is InChI=1S/C17H16ClN7O/c1-9-6-10(2)25(23-9)16-19-8-12(18)15(22-16)20-11-4-5-14-13(7-11)21-17(26)24(14)3/h4-8H,1-3H3,(H,21,26)(H,19,20,22). The molecular formula is C17H16ClN7O. The predicted molar refractivity (Wildman–Crippen MR) is 100 cm³/mol. The summed E-state index contributed by atoms with van der Waals surface area (Å²) in [5, 5.41) is 7.95. The molecule has 0 saturated heterocycles. The number of anilines is 2. The maximum atomic E-state index is 11.7. The number of hydrogen-bond acceptors (Lipinski definition) is 5. The molecule has 0 spiro atoms. The molecule has 0 unspecified atom stereocenters. The molecule has 3 heterocycles. The van der Waals surface area contributed by atoms with Crippen molar-refractivity contribution in [1.82, 2.24) is 29.3 Å². The first kappa shape index (κ1) is 16.3. The number of nitrogens with one attached hydrogen (secondary N) is 2. The molecule has 0 fully saturated rings. The fraction of sp³-hybridized carbons (Fsp3) is 0.176. The van der Waals surface area contributed by atoms with Crippen molar-refractivity contribution < 1.29 is 0 Å². The van der Waals surface area contributed by atoms with Gasteiger partial charge in [-0.1, -0.05) is 11.6 Å². The average molecular weight is 370 g/mol. The summed E-state index contributed by atoms with van der Waals surface area (Å²) in [5.74, 6) is 0.888. The first-order valence-electron chi connectivity index (χ1n) is 7.94. The van der Waals surface area contributed by atoms with E-state index >= 15 is 0 Å². The van der Waals surface area contributed by atoms with Gasteiger partial charge in [-0.25, -0.2) is 14.5 Å². The maximum Gasteiger partial charge on any atom is 0.326 e. The number of aryl methyl sites for hydroxylation is 3. The van der Waals surface area contributed by atoms with Crippen LogP contribution in [0, 0.1) is 13.8 Å². The molecule has 2 N–H and O–H groups in total. The Morgan fingerprint density at radius 2 is 2.04 bits per heavy atom. The van der Waals surface area contributed by atoms with Crippen LogP contribution in [0.2, 0.25) is 5.02 Å². The number of hydrogen-bond donors (Lipinski definition) is 2. The number of halogens is 1. The third kappa shape index (κ3) is 2.74. The molecule has 0 amide bonds. The van der Waals surface area contributed by atoms with E-state index in [0.717, 1.165) is 28.1 Å². The summed E-state index contributed by atoms with van der Waals surface area (Å²) in [6, 6.07) is 7.49. The van der Waals surface area contributed by atoms with Crippen LogP contribution in [0.25, 0.3) is 17.0 Å². The molecule has 0 bridgehead atoms. The molecule has 26 heavy (non-hydrogen) atoms. The highest BCUT2D eigenvalue weighted by Gasteiger charge is 2.11. The van der Waals surface area contributed by atoms with Gasteiger partial charge in [-0.15, -0.1) is 0 Å². The molecule has 4 rings (SSSR count). The van der Waals surface area contributed by atoms with E-state index in [1.165, 1.54) is 6.20 Å². The molecule has 9 heteroatoms. The number of rotatable bonds is 3. The summed E-state index contributed by atoms with van der Waals surface area (Å²) in [6.45, 7) is 3.85. The number of fused-ring (bicyclic) bond motifs is 1. The molecule has 3 aromatic heterocycles. The minimum absolute atomic E-state index is 0.163. The molecule has 4 aromatic rings. The molecule has 0 aliphatic heterocycles. The third-order valence-electron chi connectivity index (χ3n) is 4.10. The Bertz CT molecular complexity index is 1190. The monoisotopic (exact) mass is 369 g/mol. The second kappa shape index (κ2) is 5.99. The first-order valence-corrected chi connectivity index (χ1v) is 8.32. The van der Waals surface area contributed by atoms with Gasteiger partial charge in [0, 0.05) is 18.4 Å². The molecule has 0 aliphatic carbocycles. The highest BCUT2D eigenvalue weighted by Crippen LogP contribution is 2.25. The van der Waals surface area contributed by atoms with Gasteiger partial charge in [0.25, 0.3) is 5.95 Å². The summed E-state index contributed by atoms with van der Waals surface area (Å²) in [6.07, 6.45) is 1.53. The van der Waals surface area contributed by atoms with Crippen molar-refractivity contribution >= 4 is 34.1 Å². The van der Waals surface area contributed by atoms with Gasteiger partial charge in [0.15, 0.2) is 5.82 Å². The van der Waals surface area contributed by atoms with Crippen LogP contribution < -0.4 is 11.0 Å². The lowest BCUT2D eigenvalue weighted by atomic mass is 10.2. The summed E-state index contributed by atoms with van der Waals surface area (Å²) in [5.41, 5.74) is 3.94. The van der Waals surface area contributed by atoms with E-state index in [0.29, 0.717) is 16.8 Å². The van der Waals surface area contributed by atoms with Gasteiger partial charge in [-0.3, -0.25) is 4.57 Å². The normalized spacial score (nSPS) is 11.2. The van der Waals surface area contributed by atoms with Crippen LogP contribution in [0.15, 0.2) is 35.3 Å². The van der Waals surface area contributed by atoms with Crippen LogP contribution in [0.4, 0.5) is 11.5 Å². The van der Waals surface area contributed by atoms with Crippen molar-refractivity contribution in [2.24, 2.45) is 7.05 Å². The van der Waals surface area contributed by atoms with Gasteiger partial charge in [-0.05, 0) is 38.1 Å². The Morgan fingerprint density at radius 1 is 1.23 bits per heavy atom. The zero-order valence-corrected chi connectivity index (χ0v) is 15.2. The number of aromatic nitrogens is 6. The zero-order valence-electron chi connectivity index (χ0n) is 14.4. The summed E-state index contributed by atoms with van der Waals surface area (Å²) in [4.78, 5) is 23.3. The van der Waals surface area contributed by atoms with E-state index in [-0.39, 0.29) is 5.69 Å². The van der Waals surface area contributed by atoms with Crippen LogP contribution in [0.1, 0.15) is 11.4 Å². The minimum atomic E-state index is -0.163. The van der Waals surface area contributed by atoms with Gasteiger partial charge in [-0.2, -0.15) is 10.1 Å². The minimum Gasteiger partial charge on any atom is -0.339 e. The number of nitrogens with zero attached hydrogens (tertiary/aromatic N) is 5. The van der Waals surface area contributed by atoms with Crippen molar-refractivity contribution in [2.45, 2.75) is 13.8 Å². The van der Waals surface area contributed by atoms with E-state index in [1.807, 2.05) is 38.1 Å². The van der Waals surface area contributed by atoms with E-state index in [1.54, 1.807) is 16.3 Å². The Labute approximate surface area is 153 Å². The van der Waals surface area contributed by atoms with Crippen molar-refractivity contribution in [1.29, 1.82) is 0 Å². The largest absolute Gasteiger partial charge is 0.339 e. The molecule has 1 aromatic carbocycles. The Morgan fingerprint density at radius 3 is 2.77 bits per heavy atom. The lowest BCUT2D eigenvalue weighted by molar-refractivity contribution is 0.775. The maximum absolute atomic E-state index is 11.7. The van der Waals surface area contributed by atoms with Crippen molar-refractivity contribution in [3.63, 3.8) is 0 Å². The van der Waals surface area contributed by atoms with Gasteiger partial charge in [0.05, 0.1) is 22.9 Å². The zero-order chi connectivity index (χ0) is 18.4. The second-order valence-electron chi connectivity index (χ2n) is 6.05. The Hall–Kier alpha value is -3.13.